The highest BCUT2D eigenvalue weighted by atomic mass is 16.7. The highest BCUT2D eigenvalue weighted by molar-refractivity contribution is 6.62. The summed E-state index contributed by atoms with van der Waals surface area (Å²) in [7, 11) is -0.337. The third-order valence-electron chi connectivity index (χ3n) is 6.29. The van der Waals surface area contributed by atoms with Gasteiger partial charge in [0, 0.05) is 24.2 Å². The van der Waals surface area contributed by atoms with Crippen molar-refractivity contribution in [3.05, 3.63) is 17.8 Å². The third-order valence-corrected chi connectivity index (χ3v) is 6.29. The van der Waals surface area contributed by atoms with Gasteiger partial charge in [-0.1, -0.05) is 19.3 Å². The molecule has 0 N–H and O–H groups in total. The van der Waals surface area contributed by atoms with E-state index in [1.807, 2.05) is 6.20 Å². The molecular weight excluding hydrogens is 311 g/mol. The summed E-state index contributed by atoms with van der Waals surface area (Å²) in [5.41, 5.74) is 1.60. The third kappa shape index (κ3) is 3.59. The first-order valence-electron chi connectivity index (χ1n) is 9.84. The normalized spacial score (nSPS) is 23.0. The van der Waals surface area contributed by atoms with E-state index in [4.69, 9.17) is 14.3 Å². The summed E-state index contributed by atoms with van der Waals surface area (Å²) in [6, 6.07) is 2.84. The van der Waals surface area contributed by atoms with E-state index in [1.165, 1.54) is 37.7 Å². The molecule has 0 aromatic carbocycles. The molecule has 0 radical (unpaired) electrons. The van der Waals surface area contributed by atoms with Crippen LogP contribution in [-0.2, 0) is 9.31 Å². The number of hydrogen-bond acceptors (Lipinski definition) is 4. The minimum Gasteiger partial charge on any atom is -0.399 e. The predicted molar refractivity (Wildman–Crippen MR) is 105 cm³/mol. The fraction of sp³-hybridized carbons (Fsp3) is 0.750. The highest BCUT2D eigenvalue weighted by Gasteiger charge is 2.52. The van der Waals surface area contributed by atoms with Crippen molar-refractivity contribution < 1.29 is 9.31 Å². The zero-order valence-corrected chi connectivity index (χ0v) is 16.8. The molecule has 1 aromatic rings. The molecular formula is C20H33BN2O2. The Morgan fingerprint density at radius 3 is 2.24 bits per heavy atom. The van der Waals surface area contributed by atoms with E-state index in [-0.39, 0.29) is 18.3 Å². The van der Waals surface area contributed by atoms with Crippen LogP contribution < -0.4 is 10.4 Å². The van der Waals surface area contributed by atoms with Gasteiger partial charge in [0.2, 0.25) is 0 Å². The van der Waals surface area contributed by atoms with Crippen molar-refractivity contribution >= 4 is 18.4 Å². The molecule has 2 aliphatic rings. The molecule has 1 saturated carbocycles. The molecule has 1 aliphatic carbocycles. The van der Waals surface area contributed by atoms with Crippen LogP contribution in [-0.4, -0.2) is 35.9 Å². The molecule has 4 nitrogen and oxygen atoms in total. The van der Waals surface area contributed by atoms with Crippen molar-refractivity contribution in [3.63, 3.8) is 0 Å². The van der Waals surface area contributed by atoms with Crippen LogP contribution in [0, 0.1) is 6.92 Å². The minimum atomic E-state index is -0.337. The summed E-state index contributed by atoms with van der Waals surface area (Å²) in [4.78, 5) is 7.26. The second-order valence-corrected chi connectivity index (χ2v) is 8.57. The second-order valence-electron chi connectivity index (χ2n) is 8.57. The lowest BCUT2D eigenvalue weighted by molar-refractivity contribution is 0.00578. The van der Waals surface area contributed by atoms with Crippen molar-refractivity contribution in [3.8, 4) is 0 Å². The summed E-state index contributed by atoms with van der Waals surface area (Å²) in [6.45, 7) is 13.7. The lowest BCUT2D eigenvalue weighted by atomic mass is 9.77. The Morgan fingerprint density at radius 2 is 1.72 bits per heavy atom. The maximum atomic E-state index is 6.20. The highest BCUT2D eigenvalue weighted by Crippen LogP contribution is 2.36. The quantitative estimate of drug-likeness (QED) is 0.777. The van der Waals surface area contributed by atoms with Crippen molar-refractivity contribution in [1.82, 2.24) is 4.98 Å². The van der Waals surface area contributed by atoms with Crippen LogP contribution in [0.15, 0.2) is 12.3 Å². The van der Waals surface area contributed by atoms with Crippen molar-refractivity contribution in [2.75, 3.05) is 11.4 Å². The summed E-state index contributed by atoms with van der Waals surface area (Å²) in [5, 5.41) is 0. The first kappa shape index (κ1) is 18.7. The summed E-state index contributed by atoms with van der Waals surface area (Å²) < 4.78 is 12.4. The van der Waals surface area contributed by atoms with Gasteiger partial charge in [-0.15, -0.1) is 0 Å². The Morgan fingerprint density at radius 1 is 1.12 bits per heavy atom. The number of nitrogens with zero attached hydrogens (tertiary/aromatic N) is 2. The van der Waals surface area contributed by atoms with Crippen molar-refractivity contribution in [1.29, 1.82) is 0 Å². The monoisotopic (exact) mass is 344 g/mol. The van der Waals surface area contributed by atoms with E-state index in [0.29, 0.717) is 6.04 Å². The van der Waals surface area contributed by atoms with Crippen molar-refractivity contribution in [2.24, 2.45) is 0 Å². The topological polar surface area (TPSA) is 34.6 Å². The van der Waals surface area contributed by atoms with Crippen molar-refractivity contribution in [2.45, 2.75) is 90.9 Å². The van der Waals surface area contributed by atoms with E-state index in [1.54, 1.807) is 0 Å². The smallest absolute Gasteiger partial charge is 0.399 e. The van der Waals surface area contributed by atoms with Crippen LogP contribution in [0.25, 0.3) is 0 Å². The number of aryl methyl sites for hydroxylation is 1. The zero-order chi connectivity index (χ0) is 18.2. The van der Waals surface area contributed by atoms with E-state index in [9.17, 15) is 0 Å². The number of pyridine rings is 1. The first-order chi connectivity index (χ1) is 11.7. The standard InChI is InChI=1S/C20H33BN2O2/c1-7-23(16-11-9-8-10-12-16)18-13-15(2)17(14-22-18)21-24-19(3,4)20(5,6)25-21/h13-14,16H,7-12H2,1-6H3. The van der Waals surface area contributed by atoms with Crippen LogP contribution in [0.1, 0.15) is 72.3 Å². The van der Waals surface area contributed by atoms with Gasteiger partial charge in [-0.05, 0) is 66.0 Å². The summed E-state index contributed by atoms with van der Waals surface area (Å²) in [6.07, 6.45) is 8.58. The second kappa shape index (κ2) is 6.92. The fourth-order valence-corrected chi connectivity index (χ4v) is 3.93. The van der Waals surface area contributed by atoms with Gasteiger partial charge in [0.15, 0.2) is 0 Å². The van der Waals surface area contributed by atoms with E-state index >= 15 is 0 Å². The SMILES string of the molecule is CCN(c1cc(C)c(B2OC(C)(C)C(C)(C)O2)cn1)C1CCCCC1. The van der Waals surface area contributed by atoms with Gasteiger partial charge < -0.3 is 14.2 Å². The van der Waals surface area contributed by atoms with Crippen LogP contribution >= 0.6 is 0 Å². The molecule has 1 aromatic heterocycles. The van der Waals surface area contributed by atoms with Gasteiger partial charge in [-0.2, -0.15) is 0 Å². The number of aromatic nitrogens is 1. The Balaban J connectivity index is 1.81. The van der Waals surface area contributed by atoms with Crippen LogP contribution in [0.4, 0.5) is 5.82 Å². The van der Waals surface area contributed by atoms with Crippen LogP contribution in [0.3, 0.4) is 0 Å². The van der Waals surface area contributed by atoms with Gasteiger partial charge >= 0.3 is 7.12 Å². The summed E-state index contributed by atoms with van der Waals surface area (Å²) >= 11 is 0. The average molecular weight is 344 g/mol. The molecule has 0 bridgehead atoms. The molecule has 138 valence electrons. The molecule has 1 aliphatic heterocycles. The Labute approximate surface area is 153 Å². The molecule has 0 spiro atoms. The maximum Gasteiger partial charge on any atom is 0.496 e. The van der Waals surface area contributed by atoms with E-state index < -0.39 is 0 Å². The molecule has 3 rings (SSSR count). The lowest BCUT2D eigenvalue weighted by Crippen LogP contribution is -2.41. The minimum absolute atomic E-state index is 0.319. The van der Waals surface area contributed by atoms with E-state index in [0.717, 1.165) is 17.8 Å². The molecule has 0 atom stereocenters. The number of anilines is 1. The Bertz CT molecular complexity index is 596. The first-order valence-corrected chi connectivity index (χ1v) is 9.84. The average Bonchev–Trinajstić information content (AvgIpc) is 2.77. The molecule has 0 unspecified atom stereocenters. The Kier molecular flexibility index (Phi) is 5.18. The van der Waals surface area contributed by atoms with E-state index in [2.05, 4.69) is 52.5 Å². The summed E-state index contributed by atoms with van der Waals surface area (Å²) in [5.74, 6) is 1.09. The lowest BCUT2D eigenvalue weighted by Gasteiger charge is -2.34. The Hall–Kier alpha value is -1.07. The number of rotatable bonds is 4. The van der Waals surface area contributed by atoms with Crippen LogP contribution in [0.5, 0.6) is 0 Å². The number of hydrogen-bond donors (Lipinski definition) is 0. The van der Waals surface area contributed by atoms with Gasteiger partial charge in [-0.25, -0.2) is 4.98 Å². The molecule has 2 fully saturated rings. The maximum absolute atomic E-state index is 6.20. The van der Waals surface area contributed by atoms with Gasteiger partial charge in [0.05, 0.1) is 11.2 Å². The molecule has 25 heavy (non-hydrogen) atoms. The van der Waals surface area contributed by atoms with Crippen LogP contribution in [0.2, 0.25) is 0 Å². The largest absolute Gasteiger partial charge is 0.496 e. The van der Waals surface area contributed by atoms with Gasteiger partial charge in [-0.3, -0.25) is 0 Å². The zero-order valence-electron chi connectivity index (χ0n) is 16.8. The van der Waals surface area contributed by atoms with Gasteiger partial charge in [0.1, 0.15) is 5.82 Å². The predicted octanol–water partition coefficient (Wildman–Crippen LogP) is 3.85. The molecule has 1 saturated heterocycles. The molecule has 2 heterocycles. The fourth-order valence-electron chi connectivity index (χ4n) is 3.93. The molecule has 5 heteroatoms. The molecule has 0 amide bonds. The van der Waals surface area contributed by atoms with Gasteiger partial charge in [0.25, 0.3) is 0 Å².